The summed E-state index contributed by atoms with van der Waals surface area (Å²) < 4.78 is 1.19. The third kappa shape index (κ3) is 3.88. The van der Waals surface area contributed by atoms with Crippen molar-refractivity contribution in [1.29, 1.82) is 0 Å². The molecule has 2 heterocycles. The van der Waals surface area contributed by atoms with Crippen molar-refractivity contribution in [1.82, 2.24) is 10.3 Å². The van der Waals surface area contributed by atoms with E-state index in [0.29, 0.717) is 6.04 Å². The second-order valence-electron chi connectivity index (χ2n) is 4.46. The summed E-state index contributed by atoms with van der Waals surface area (Å²) in [6.07, 6.45) is 3.96. The van der Waals surface area contributed by atoms with Crippen molar-refractivity contribution >= 4 is 27.3 Å². The van der Waals surface area contributed by atoms with Gasteiger partial charge in [-0.15, -0.1) is 11.3 Å². The highest BCUT2D eigenvalue weighted by molar-refractivity contribution is 9.10. The second kappa shape index (κ2) is 7.17. The maximum absolute atomic E-state index is 4.56. The molecule has 0 radical (unpaired) electrons. The molecule has 0 aliphatic carbocycles. The zero-order valence-corrected chi connectivity index (χ0v) is 13.7. The van der Waals surface area contributed by atoms with Gasteiger partial charge in [0.15, 0.2) is 0 Å². The molecular weight excluding hydrogens is 320 g/mol. The van der Waals surface area contributed by atoms with E-state index in [0.717, 1.165) is 25.1 Å². The van der Waals surface area contributed by atoms with Gasteiger partial charge in [0.2, 0.25) is 0 Å². The fraction of sp³-hybridized carbons (Fsp3) is 0.400. The maximum atomic E-state index is 4.56. The molecule has 0 amide bonds. The molecular formula is C15H19BrN2S. The highest BCUT2D eigenvalue weighted by atomic mass is 79.9. The summed E-state index contributed by atoms with van der Waals surface area (Å²) in [7, 11) is 0. The number of hydrogen-bond acceptors (Lipinski definition) is 3. The molecule has 4 heteroatoms. The summed E-state index contributed by atoms with van der Waals surface area (Å²) in [5.74, 6) is 0. The molecule has 0 fully saturated rings. The molecule has 1 N–H and O–H groups in total. The average molecular weight is 339 g/mol. The highest BCUT2D eigenvalue weighted by Gasteiger charge is 2.16. The van der Waals surface area contributed by atoms with Crippen LogP contribution in [-0.4, -0.2) is 11.5 Å². The van der Waals surface area contributed by atoms with E-state index < -0.39 is 0 Å². The first-order chi connectivity index (χ1) is 9.24. The van der Waals surface area contributed by atoms with E-state index in [2.05, 4.69) is 63.7 Å². The number of pyridine rings is 1. The molecule has 0 aliphatic rings. The molecule has 0 bridgehead atoms. The number of likely N-dealkylation sites (N-methyl/N-ethyl adjacent to an activating group) is 1. The van der Waals surface area contributed by atoms with Crippen LogP contribution < -0.4 is 5.32 Å². The Balaban J connectivity index is 2.14. The first kappa shape index (κ1) is 14.7. The molecule has 2 aromatic rings. The first-order valence-corrected chi connectivity index (χ1v) is 8.32. The van der Waals surface area contributed by atoms with E-state index in [4.69, 9.17) is 0 Å². The smallest absolute Gasteiger partial charge is 0.0482 e. The molecule has 0 aliphatic heterocycles. The Labute approximate surface area is 127 Å². The van der Waals surface area contributed by atoms with E-state index in [1.54, 1.807) is 11.3 Å². The first-order valence-electron chi connectivity index (χ1n) is 6.64. The van der Waals surface area contributed by atoms with Gasteiger partial charge in [-0.3, -0.25) is 4.98 Å². The average Bonchev–Trinajstić information content (AvgIpc) is 2.85. The number of aromatic nitrogens is 1. The summed E-state index contributed by atoms with van der Waals surface area (Å²) in [5, 5.41) is 5.67. The number of hydrogen-bond donors (Lipinski definition) is 1. The number of nitrogens with one attached hydrogen (secondary N) is 1. The summed E-state index contributed by atoms with van der Waals surface area (Å²) >= 11 is 5.41. The minimum atomic E-state index is 0.333. The van der Waals surface area contributed by atoms with E-state index in [1.807, 2.05) is 6.20 Å². The van der Waals surface area contributed by atoms with Crippen molar-refractivity contribution in [2.24, 2.45) is 0 Å². The van der Waals surface area contributed by atoms with Crippen LogP contribution in [0, 0.1) is 0 Å². The summed E-state index contributed by atoms with van der Waals surface area (Å²) in [6, 6.07) is 6.76. The maximum Gasteiger partial charge on any atom is 0.0482 e. The van der Waals surface area contributed by atoms with Crippen molar-refractivity contribution in [2.75, 3.05) is 6.54 Å². The number of thiophene rings is 1. The summed E-state index contributed by atoms with van der Waals surface area (Å²) in [6.45, 7) is 5.26. The highest BCUT2D eigenvalue weighted by Crippen LogP contribution is 2.30. The van der Waals surface area contributed by atoms with Crippen LogP contribution in [0.2, 0.25) is 0 Å². The van der Waals surface area contributed by atoms with Gasteiger partial charge in [0.1, 0.15) is 0 Å². The van der Waals surface area contributed by atoms with Crippen LogP contribution in [0.5, 0.6) is 0 Å². The molecule has 1 unspecified atom stereocenters. The van der Waals surface area contributed by atoms with Crippen molar-refractivity contribution in [3.8, 4) is 0 Å². The summed E-state index contributed by atoms with van der Waals surface area (Å²) in [5.41, 5.74) is 2.43. The van der Waals surface area contributed by atoms with E-state index >= 15 is 0 Å². The monoisotopic (exact) mass is 338 g/mol. The van der Waals surface area contributed by atoms with Crippen molar-refractivity contribution in [2.45, 2.75) is 32.7 Å². The minimum Gasteiger partial charge on any atom is -0.309 e. The number of nitrogens with zero attached hydrogens (tertiary/aromatic N) is 1. The Hall–Kier alpha value is -0.710. The Morgan fingerprint density at radius 3 is 2.68 bits per heavy atom. The van der Waals surface area contributed by atoms with Gasteiger partial charge in [0.25, 0.3) is 0 Å². The van der Waals surface area contributed by atoms with Crippen LogP contribution in [0.1, 0.15) is 36.0 Å². The van der Waals surface area contributed by atoms with Gasteiger partial charge in [-0.2, -0.15) is 0 Å². The molecule has 19 heavy (non-hydrogen) atoms. The lowest BCUT2D eigenvalue weighted by Crippen LogP contribution is -2.22. The molecule has 0 saturated heterocycles. The van der Waals surface area contributed by atoms with Crippen LogP contribution in [-0.2, 0) is 12.8 Å². The molecule has 0 saturated carbocycles. The molecule has 102 valence electrons. The quantitative estimate of drug-likeness (QED) is 0.846. The lowest BCUT2D eigenvalue weighted by atomic mass is 10.1. The lowest BCUT2D eigenvalue weighted by molar-refractivity contribution is 0.550. The molecule has 1 atom stereocenters. The van der Waals surface area contributed by atoms with Crippen molar-refractivity contribution < 1.29 is 0 Å². The number of aryl methyl sites for hydroxylation is 1. The van der Waals surface area contributed by atoms with Gasteiger partial charge in [0, 0.05) is 33.7 Å². The van der Waals surface area contributed by atoms with Crippen molar-refractivity contribution in [3.63, 3.8) is 0 Å². The Bertz CT molecular complexity index is 507. The minimum absolute atomic E-state index is 0.333. The largest absolute Gasteiger partial charge is 0.309 e. The van der Waals surface area contributed by atoms with Crippen LogP contribution in [0.25, 0.3) is 0 Å². The fourth-order valence-electron chi connectivity index (χ4n) is 2.05. The topological polar surface area (TPSA) is 24.9 Å². The number of rotatable bonds is 6. The zero-order valence-electron chi connectivity index (χ0n) is 11.3. The predicted molar refractivity (Wildman–Crippen MR) is 85.8 cm³/mol. The van der Waals surface area contributed by atoms with E-state index in [-0.39, 0.29) is 0 Å². The Morgan fingerprint density at radius 1 is 1.32 bits per heavy atom. The molecule has 2 rings (SSSR count). The van der Waals surface area contributed by atoms with Gasteiger partial charge in [-0.1, -0.05) is 19.9 Å². The second-order valence-corrected chi connectivity index (χ2v) is 6.26. The molecule has 2 aromatic heterocycles. The van der Waals surface area contributed by atoms with Gasteiger partial charge >= 0.3 is 0 Å². The van der Waals surface area contributed by atoms with Gasteiger partial charge in [-0.05, 0) is 52.0 Å². The van der Waals surface area contributed by atoms with Crippen LogP contribution in [0.4, 0.5) is 0 Å². The molecule has 0 aromatic carbocycles. The van der Waals surface area contributed by atoms with Gasteiger partial charge < -0.3 is 5.32 Å². The van der Waals surface area contributed by atoms with Crippen molar-refractivity contribution in [3.05, 3.63) is 50.4 Å². The standard InChI is InChI=1S/C15H19BrN2S/c1-3-11-5-6-12(18-10-11)9-14(17-4-2)15-13(16)7-8-19-15/h5-8,10,14,17H,3-4,9H2,1-2H3. The summed E-state index contributed by atoms with van der Waals surface area (Å²) in [4.78, 5) is 5.91. The Morgan fingerprint density at radius 2 is 2.16 bits per heavy atom. The van der Waals surface area contributed by atoms with E-state index in [1.165, 1.54) is 14.9 Å². The zero-order chi connectivity index (χ0) is 13.7. The van der Waals surface area contributed by atoms with Gasteiger partial charge in [-0.25, -0.2) is 0 Å². The van der Waals surface area contributed by atoms with Crippen LogP contribution in [0.3, 0.4) is 0 Å². The normalized spacial score (nSPS) is 12.6. The molecule has 0 spiro atoms. The molecule has 2 nitrogen and oxygen atoms in total. The predicted octanol–water partition coefficient (Wildman–Crippen LogP) is 4.36. The van der Waals surface area contributed by atoms with Crippen LogP contribution in [0.15, 0.2) is 34.2 Å². The Kier molecular flexibility index (Phi) is 5.55. The number of halogens is 1. The SMILES string of the molecule is CCNC(Cc1ccc(CC)cn1)c1sccc1Br. The fourth-order valence-corrected chi connectivity index (χ4v) is 3.78. The van der Waals surface area contributed by atoms with E-state index in [9.17, 15) is 0 Å². The third-order valence-corrected chi connectivity index (χ3v) is 5.10. The third-order valence-electron chi connectivity index (χ3n) is 3.12. The van der Waals surface area contributed by atoms with Crippen LogP contribution >= 0.6 is 27.3 Å². The lowest BCUT2D eigenvalue weighted by Gasteiger charge is -2.17. The van der Waals surface area contributed by atoms with Gasteiger partial charge in [0.05, 0.1) is 0 Å².